The first-order valence-electron chi connectivity index (χ1n) is 11.7. The number of benzene rings is 3. The number of nitrogens with one attached hydrogen (secondary N) is 2. The highest BCUT2D eigenvalue weighted by Gasteiger charge is 2.44. The maximum atomic E-state index is 13.7. The van der Waals surface area contributed by atoms with Gasteiger partial charge in [0.15, 0.2) is 0 Å². The van der Waals surface area contributed by atoms with Crippen molar-refractivity contribution in [1.29, 1.82) is 0 Å². The van der Waals surface area contributed by atoms with Gasteiger partial charge in [-0.3, -0.25) is 9.69 Å². The van der Waals surface area contributed by atoms with Gasteiger partial charge >= 0.3 is 6.03 Å². The number of nitrogens with zero attached hydrogens (tertiary/aromatic N) is 2. The molecule has 10 heteroatoms. The predicted molar refractivity (Wildman–Crippen MR) is 145 cm³/mol. The second kappa shape index (κ2) is 10.8. The fourth-order valence-corrected chi connectivity index (χ4v) is 4.86. The van der Waals surface area contributed by atoms with Crippen molar-refractivity contribution in [3.8, 4) is 11.5 Å². The third-order valence-corrected chi connectivity index (χ3v) is 6.89. The molecule has 3 N–H and O–H groups in total. The van der Waals surface area contributed by atoms with E-state index in [-0.39, 0.29) is 19.1 Å². The fraction of sp³-hybridized carbons (Fsp3) is 0.222. The number of aromatic amines is 1. The molecular weight excluding hydrogens is 587 g/mol. The average molecular weight is 612 g/mol. The number of aliphatic hydroxyl groups excluding tert-OH is 1. The van der Waals surface area contributed by atoms with Gasteiger partial charge in [-0.05, 0) is 76.2 Å². The van der Waals surface area contributed by atoms with Crippen LogP contribution in [0.25, 0.3) is 11.0 Å². The van der Waals surface area contributed by atoms with Crippen LogP contribution in [0.2, 0.25) is 0 Å². The molecule has 5 rings (SSSR count). The zero-order valence-electron chi connectivity index (χ0n) is 20.0. The standard InChI is InChI=1S/C27H25IN4O5/c1-36-19-7-2-16(3-8-19)14-23(25-29-21-11-6-18(28)15-22(21)30-25)32-26(34)24(31-27(32)35)17-4-9-20(10-5-17)37-13-12-33/h2-11,15,23-24,33H,12-14H2,1H3,(H,29,30)(H,31,35). The highest BCUT2D eigenvalue weighted by atomic mass is 127. The summed E-state index contributed by atoms with van der Waals surface area (Å²) in [4.78, 5) is 36.2. The van der Waals surface area contributed by atoms with Crippen molar-refractivity contribution >= 4 is 45.6 Å². The smallest absolute Gasteiger partial charge is 0.325 e. The number of hydrogen-bond donors (Lipinski definition) is 3. The fourth-order valence-electron chi connectivity index (χ4n) is 4.39. The molecule has 1 aliphatic heterocycles. The first-order valence-corrected chi connectivity index (χ1v) is 12.8. The Hall–Kier alpha value is -3.64. The number of rotatable bonds is 9. The number of halogens is 1. The van der Waals surface area contributed by atoms with Crippen LogP contribution >= 0.6 is 22.6 Å². The molecule has 2 atom stereocenters. The highest BCUT2D eigenvalue weighted by Crippen LogP contribution is 2.33. The van der Waals surface area contributed by atoms with Crippen molar-refractivity contribution < 1.29 is 24.2 Å². The van der Waals surface area contributed by atoms with E-state index < -0.39 is 18.1 Å². The molecule has 3 amide bonds. The molecule has 9 nitrogen and oxygen atoms in total. The van der Waals surface area contributed by atoms with Crippen LogP contribution in [0, 0.1) is 3.57 Å². The molecule has 3 aromatic carbocycles. The minimum Gasteiger partial charge on any atom is -0.497 e. The number of ether oxygens (including phenoxy) is 2. The number of carbonyl (C=O) groups is 2. The Morgan fingerprint density at radius 2 is 1.78 bits per heavy atom. The minimum atomic E-state index is -0.830. The molecule has 0 bridgehead atoms. The molecule has 0 spiro atoms. The zero-order chi connectivity index (χ0) is 25.9. The van der Waals surface area contributed by atoms with Gasteiger partial charge in [0.2, 0.25) is 0 Å². The number of fused-ring (bicyclic) bond motifs is 1. The molecule has 1 saturated heterocycles. The molecule has 0 aliphatic carbocycles. The maximum absolute atomic E-state index is 13.7. The van der Waals surface area contributed by atoms with Crippen LogP contribution in [0.3, 0.4) is 0 Å². The lowest BCUT2D eigenvalue weighted by molar-refractivity contribution is -0.129. The molecule has 1 aliphatic rings. The van der Waals surface area contributed by atoms with Gasteiger partial charge in [-0.25, -0.2) is 9.78 Å². The summed E-state index contributed by atoms with van der Waals surface area (Å²) in [5, 5.41) is 11.8. The molecule has 190 valence electrons. The van der Waals surface area contributed by atoms with Crippen molar-refractivity contribution in [2.24, 2.45) is 0 Å². The van der Waals surface area contributed by atoms with Crippen LogP contribution in [-0.2, 0) is 11.2 Å². The molecule has 2 unspecified atom stereocenters. The lowest BCUT2D eigenvalue weighted by Crippen LogP contribution is -2.36. The molecule has 0 radical (unpaired) electrons. The van der Waals surface area contributed by atoms with Crippen LogP contribution in [0.5, 0.6) is 11.5 Å². The summed E-state index contributed by atoms with van der Waals surface area (Å²) in [7, 11) is 1.60. The molecule has 37 heavy (non-hydrogen) atoms. The van der Waals surface area contributed by atoms with Gasteiger partial charge < -0.3 is 24.9 Å². The van der Waals surface area contributed by atoms with E-state index >= 15 is 0 Å². The number of imidazole rings is 1. The Kier molecular flexibility index (Phi) is 7.28. The minimum absolute atomic E-state index is 0.0929. The number of urea groups is 1. The van der Waals surface area contributed by atoms with E-state index in [0.29, 0.717) is 23.6 Å². The van der Waals surface area contributed by atoms with Crippen molar-refractivity contribution in [2.45, 2.75) is 18.5 Å². The normalized spacial score (nSPS) is 16.2. The van der Waals surface area contributed by atoms with E-state index in [0.717, 1.165) is 25.9 Å². The lowest BCUT2D eigenvalue weighted by Gasteiger charge is -2.24. The second-order valence-electron chi connectivity index (χ2n) is 8.58. The van der Waals surface area contributed by atoms with Crippen molar-refractivity contribution in [3.63, 3.8) is 0 Å². The summed E-state index contributed by atoms with van der Waals surface area (Å²) in [6, 6.07) is 18.3. The Morgan fingerprint density at radius 1 is 1.05 bits per heavy atom. The number of methoxy groups -OCH3 is 1. The van der Waals surface area contributed by atoms with Crippen molar-refractivity contribution in [1.82, 2.24) is 20.2 Å². The number of aromatic nitrogens is 2. The first kappa shape index (κ1) is 25.0. The Labute approximate surface area is 226 Å². The summed E-state index contributed by atoms with van der Waals surface area (Å²) < 4.78 is 11.7. The van der Waals surface area contributed by atoms with Gasteiger partial charge in [0, 0.05) is 9.99 Å². The zero-order valence-corrected chi connectivity index (χ0v) is 22.1. The topological polar surface area (TPSA) is 117 Å². The Bertz CT molecular complexity index is 1420. The first-order chi connectivity index (χ1) is 18.0. The monoisotopic (exact) mass is 612 g/mol. The van der Waals surface area contributed by atoms with Crippen molar-refractivity contribution in [3.05, 3.63) is 87.3 Å². The van der Waals surface area contributed by atoms with Gasteiger partial charge in [0.25, 0.3) is 5.91 Å². The van der Waals surface area contributed by atoms with Gasteiger partial charge in [-0.2, -0.15) is 0 Å². The largest absolute Gasteiger partial charge is 0.497 e. The van der Waals surface area contributed by atoms with E-state index in [1.807, 2.05) is 42.5 Å². The van der Waals surface area contributed by atoms with E-state index in [4.69, 9.17) is 19.6 Å². The summed E-state index contributed by atoms with van der Waals surface area (Å²) in [5.74, 6) is 1.47. The Balaban J connectivity index is 1.48. The van der Waals surface area contributed by atoms with Crippen molar-refractivity contribution in [2.75, 3.05) is 20.3 Å². The summed E-state index contributed by atoms with van der Waals surface area (Å²) in [6.45, 7) is 0.0835. The Morgan fingerprint density at radius 3 is 2.49 bits per heavy atom. The average Bonchev–Trinajstić information content (AvgIpc) is 3.46. The maximum Gasteiger partial charge on any atom is 0.325 e. The molecule has 2 heterocycles. The highest BCUT2D eigenvalue weighted by molar-refractivity contribution is 14.1. The quantitative estimate of drug-likeness (QED) is 0.194. The van der Waals surface area contributed by atoms with Crippen LogP contribution in [0.1, 0.15) is 29.0 Å². The van der Waals surface area contributed by atoms with Crippen LogP contribution in [0.15, 0.2) is 66.7 Å². The number of H-pyrrole nitrogens is 1. The predicted octanol–water partition coefficient (Wildman–Crippen LogP) is 4.12. The molecular formula is C27H25IN4O5. The number of hydrogen-bond acceptors (Lipinski definition) is 6. The van der Waals surface area contributed by atoms with Crippen LogP contribution in [0.4, 0.5) is 4.79 Å². The number of amides is 3. The third-order valence-electron chi connectivity index (χ3n) is 6.22. The number of imide groups is 1. The summed E-state index contributed by atoms with van der Waals surface area (Å²) in [5.41, 5.74) is 3.16. The van der Waals surface area contributed by atoms with E-state index in [1.165, 1.54) is 4.90 Å². The molecule has 1 aromatic heterocycles. The van der Waals surface area contributed by atoms with E-state index in [1.54, 1.807) is 31.4 Å². The van der Waals surface area contributed by atoms with Gasteiger partial charge in [-0.1, -0.05) is 24.3 Å². The molecule has 0 saturated carbocycles. The van der Waals surface area contributed by atoms with E-state index in [2.05, 4.69) is 32.9 Å². The van der Waals surface area contributed by atoms with Gasteiger partial charge in [0.1, 0.15) is 36.0 Å². The number of aliphatic hydroxyl groups is 1. The van der Waals surface area contributed by atoms with Crippen LogP contribution in [-0.4, -0.2) is 52.2 Å². The number of carbonyl (C=O) groups excluding carboxylic acids is 2. The van der Waals surface area contributed by atoms with Crippen LogP contribution < -0.4 is 14.8 Å². The summed E-state index contributed by atoms with van der Waals surface area (Å²) in [6.07, 6.45) is 0.376. The summed E-state index contributed by atoms with van der Waals surface area (Å²) >= 11 is 2.23. The second-order valence-corrected chi connectivity index (χ2v) is 9.83. The lowest BCUT2D eigenvalue weighted by atomic mass is 10.0. The van der Waals surface area contributed by atoms with E-state index in [9.17, 15) is 9.59 Å². The van der Waals surface area contributed by atoms with Gasteiger partial charge in [-0.15, -0.1) is 0 Å². The van der Waals surface area contributed by atoms with Gasteiger partial charge in [0.05, 0.1) is 24.8 Å². The molecule has 4 aromatic rings. The SMILES string of the molecule is COc1ccc(CC(c2nc3cc(I)ccc3[nH]2)N2C(=O)NC(c3ccc(OCCO)cc3)C2=O)cc1. The third kappa shape index (κ3) is 5.25. The molecule has 1 fully saturated rings.